The number of nitrogens with one attached hydrogen (secondary N) is 1. The summed E-state index contributed by atoms with van der Waals surface area (Å²) in [6.45, 7) is 2.26. The number of amides is 1. The van der Waals surface area contributed by atoms with Gasteiger partial charge in [0.15, 0.2) is 0 Å². The zero-order valence-corrected chi connectivity index (χ0v) is 10.0. The summed E-state index contributed by atoms with van der Waals surface area (Å²) >= 11 is 0. The zero-order valence-electron chi connectivity index (χ0n) is 10.0. The van der Waals surface area contributed by atoms with Crippen LogP contribution in [0.15, 0.2) is 12.5 Å². The van der Waals surface area contributed by atoms with E-state index in [1.807, 2.05) is 14.0 Å². The molecule has 0 atom stereocenters. The van der Waals surface area contributed by atoms with Crippen LogP contribution >= 0.6 is 0 Å². The third-order valence-electron chi connectivity index (χ3n) is 2.66. The van der Waals surface area contributed by atoms with Crippen LogP contribution in [0.5, 0.6) is 0 Å². The van der Waals surface area contributed by atoms with Crippen molar-refractivity contribution < 1.29 is 4.79 Å². The minimum atomic E-state index is -0.0769. The molecule has 0 unspecified atom stereocenters. The van der Waals surface area contributed by atoms with E-state index < -0.39 is 0 Å². The van der Waals surface area contributed by atoms with E-state index in [0.717, 1.165) is 5.69 Å². The number of H-pyrrole nitrogens is 1. The second-order valence-corrected chi connectivity index (χ2v) is 3.86. The first-order valence-corrected chi connectivity index (χ1v) is 5.18. The maximum Gasteiger partial charge on any atom is 0.257 e. The summed E-state index contributed by atoms with van der Waals surface area (Å²) in [6, 6.07) is 0. The van der Waals surface area contributed by atoms with Crippen LogP contribution in [-0.2, 0) is 13.6 Å². The molecule has 0 bridgehead atoms. The number of aromatic nitrogens is 5. The molecule has 0 aliphatic heterocycles. The molecule has 1 N–H and O–H groups in total. The Kier molecular flexibility index (Phi) is 2.90. The van der Waals surface area contributed by atoms with E-state index >= 15 is 0 Å². The number of rotatable bonds is 3. The fraction of sp³-hybridized carbons (Fsp3) is 0.400. The van der Waals surface area contributed by atoms with Crippen molar-refractivity contribution in [2.45, 2.75) is 13.5 Å². The fourth-order valence-corrected chi connectivity index (χ4v) is 1.52. The lowest BCUT2D eigenvalue weighted by Gasteiger charge is -2.14. The summed E-state index contributed by atoms with van der Waals surface area (Å²) in [5.41, 5.74) is 1.45. The van der Waals surface area contributed by atoms with Gasteiger partial charge in [-0.2, -0.15) is 10.2 Å². The van der Waals surface area contributed by atoms with Crippen molar-refractivity contribution in [3.63, 3.8) is 0 Å². The molecule has 2 aromatic rings. The first-order chi connectivity index (χ1) is 8.09. The highest BCUT2D eigenvalue weighted by Gasteiger charge is 2.17. The molecule has 7 nitrogen and oxygen atoms in total. The lowest BCUT2D eigenvalue weighted by atomic mass is 10.2. The van der Waals surface area contributed by atoms with E-state index in [1.165, 1.54) is 6.33 Å². The monoisotopic (exact) mass is 234 g/mol. The minimum absolute atomic E-state index is 0.0769. The van der Waals surface area contributed by atoms with Gasteiger partial charge in [-0.25, -0.2) is 4.98 Å². The molecule has 17 heavy (non-hydrogen) atoms. The largest absolute Gasteiger partial charge is 0.334 e. The van der Waals surface area contributed by atoms with Gasteiger partial charge in [0.2, 0.25) is 0 Å². The molecule has 0 spiro atoms. The first kappa shape index (κ1) is 11.3. The first-order valence-electron chi connectivity index (χ1n) is 5.18. The normalized spacial score (nSPS) is 10.5. The van der Waals surface area contributed by atoms with Gasteiger partial charge in [0.1, 0.15) is 12.2 Å². The van der Waals surface area contributed by atoms with Crippen LogP contribution in [0.1, 0.15) is 21.9 Å². The molecule has 90 valence electrons. The van der Waals surface area contributed by atoms with Gasteiger partial charge in [-0.15, -0.1) is 0 Å². The fourth-order valence-electron chi connectivity index (χ4n) is 1.52. The van der Waals surface area contributed by atoms with Crippen molar-refractivity contribution in [2.75, 3.05) is 7.05 Å². The Morgan fingerprint density at radius 2 is 2.35 bits per heavy atom. The van der Waals surface area contributed by atoms with Crippen LogP contribution in [0.25, 0.3) is 0 Å². The smallest absolute Gasteiger partial charge is 0.257 e. The summed E-state index contributed by atoms with van der Waals surface area (Å²) in [4.78, 5) is 17.7. The standard InChI is InChI=1S/C10H14N6O/c1-7-8(4-13-16(7)3)10(17)15(2)5-9-11-6-12-14-9/h4,6H,5H2,1-3H3,(H,11,12,14). The topological polar surface area (TPSA) is 79.7 Å². The highest BCUT2D eigenvalue weighted by Crippen LogP contribution is 2.09. The number of nitrogens with zero attached hydrogens (tertiary/aromatic N) is 5. The maximum atomic E-state index is 12.1. The van der Waals surface area contributed by atoms with E-state index in [2.05, 4.69) is 20.3 Å². The van der Waals surface area contributed by atoms with Crippen LogP contribution < -0.4 is 0 Å². The van der Waals surface area contributed by atoms with Gasteiger partial charge in [0.05, 0.1) is 18.3 Å². The van der Waals surface area contributed by atoms with Crippen molar-refractivity contribution in [2.24, 2.45) is 7.05 Å². The molecular formula is C10H14N6O. The van der Waals surface area contributed by atoms with Crippen molar-refractivity contribution in [3.8, 4) is 0 Å². The molecule has 0 aromatic carbocycles. The van der Waals surface area contributed by atoms with Gasteiger partial charge >= 0.3 is 0 Å². The van der Waals surface area contributed by atoms with E-state index in [1.54, 1.807) is 22.8 Å². The van der Waals surface area contributed by atoms with Crippen molar-refractivity contribution in [1.82, 2.24) is 29.9 Å². The van der Waals surface area contributed by atoms with E-state index in [4.69, 9.17) is 0 Å². The van der Waals surface area contributed by atoms with Crippen LogP contribution in [0, 0.1) is 6.92 Å². The highest BCUT2D eigenvalue weighted by atomic mass is 16.2. The Bertz CT molecular complexity index is 515. The average molecular weight is 234 g/mol. The molecule has 0 fully saturated rings. The van der Waals surface area contributed by atoms with Crippen LogP contribution in [-0.4, -0.2) is 42.8 Å². The van der Waals surface area contributed by atoms with Crippen LogP contribution in [0.4, 0.5) is 0 Å². The number of carbonyl (C=O) groups excluding carboxylic acids is 1. The number of hydrogen-bond donors (Lipinski definition) is 1. The number of hydrogen-bond acceptors (Lipinski definition) is 4. The molecule has 1 amide bonds. The third kappa shape index (κ3) is 2.17. The van der Waals surface area contributed by atoms with E-state index in [-0.39, 0.29) is 5.91 Å². The quantitative estimate of drug-likeness (QED) is 0.818. The second kappa shape index (κ2) is 4.36. The Balaban J connectivity index is 2.12. The second-order valence-electron chi connectivity index (χ2n) is 3.86. The summed E-state index contributed by atoms with van der Waals surface area (Å²) in [5, 5.41) is 10.5. The Labute approximate surface area is 98.5 Å². The van der Waals surface area contributed by atoms with Gasteiger partial charge in [-0.3, -0.25) is 14.6 Å². The van der Waals surface area contributed by atoms with Crippen molar-refractivity contribution in [1.29, 1.82) is 0 Å². The predicted octanol–water partition coefficient (Wildman–Crippen LogP) is 0.119. The lowest BCUT2D eigenvalue weighted by molar-refractivity contribution is 0.0781. The molecule has 2 heterocycles. The molecule has 0 radical (unpaired) electrons. The molecular weight excluding hydrogens is 220 g/mol. The highest BCUT2D eigenvalue weighted by molar-refractivity contribution is 5.94. The molecule has 0 aliphatic carbocycles. The summed E-state index contributed by atoms with van der Waals surface area (Å²) < 4.78 is 1.68. The molecule has 0 aliphatic rings. The number of aryl methyl sites for hydroxylation is 1. The van der Waals surface area contributed by atoms with E-state index in [0.29, 0.717) is 17.9 Å². The molecule has 0 saturated heterocycles. The SMILES string of the molecule is Cc1c(C(=O)N(C)Cc2ncn[nH]2)cnn1C. The van der Waals surface area contributed by atoms with Crippen LogP contribution in [0.2, 0.25) is 0 Å². The van der Waals surface area contributed by atoms with Gasteiger partial charge < -0.3 is 4.90 Å². The predicted molar refractivity (Wildman–Crippen MR) is 60.1 cm³/mol. The number of carbonyl (C=O) groups is 1. The maximum absolute atomic E-state index is 12.1. The Morgan fingerprint density at radius 3 is 2.88 bits per heavy atom. The minimum Gasteiger partial charge on any atom is -0.334 e. The summed E-state index contributed by atoms with van der Waals surface area (Å²) in [7, 11) is 3.53. The molecule has 0 saturated carbocycles. The third-order valence-corrected chi connectivity index (χ3v) is 2.66. The molecule has 2 aromatic heterocycles. The van der Waals surface area contributed by atoms with Gasteiger partial charge in [-0.1, -0.05) is 0 Å². The zero-order chi connectivity index (χ0) is 12.4. The Hall–Kier alpha value is -2.18. The van der Waals surface area contributed by atoms with Gasteiger partial charge in [0.25, 0.3) is 5.91 Å². The van der Waals surface area contributed by atoms with Gasteiger partial charge in [0, 0.05) is 19.8 Å². The molecule has 2 rings (SSSR count). The van der Waals surface area contributed by atoms with Gasteiger partial charge in [-0.05, 0) is 6.92 Å². The Morgan fingerprint density at radius 1 is 1.59 bits per heavy atom. The summed E-state index contributed by atoms with van der Waals surface area (Å²) in [6.07, 6.45) is 3.00. The van der Waals surface area contributed by atoms with Crippen LogP contribution in [0.3, 0.4) is 0 Å². The van der Waals surface area contributed by atoms with Crippen molar-refractivity contribution in [3.05, 3.63) is 29.6 Å². The van der Waals surface area contributed by atoms with Crippen molar-refractivity contribution >= 4 is 5.91 Å². The average Bonchev–Trinajstić information content (AvgIpc) is 2.90. The lowest BCUT2D eigenvalue weighted by Crippen LogP contribution is -2.27. The number of aromatic amines is 1. The summed E-state index contributed by atoms with van der Waals surface area (Å²) in [5.74, 6) is 0.578. The molecule has 7 heteroatoms. The van der Waals surface area contributed by atoms with E-state index in [9.17, 15) is 4.79 Å².